The molecule has 2 rings (SSSR count). The first-order valence-corrected chi connectivity index (χ1v) is 7.75. The summed E-state index contributed by atoms with van der Waals surface area (Å²) in [6, 6.07) is 7.57. The number of amides is 1. The van der Waals surface area contributed by atoms with E-state index in [4.69, 9.17) is 0 Å². The normalized spacial score (nSPS) is 17.5. The second kappa shape index (κ2) is 7.31. The average molecular weight is 292 g/mol. The summed E-state index contributed by atoms with van der Waals surface area (Å²) >= 11 is 0. The highest BCUT2D eigenvalue weighted by atomic mass is 16.3. The molecule has 0 radical (unpaired) electrons. The summed E-state index contributed by atoms with van der Waals surface area (Å²) in [5, 5.41) is 12.3. The van der Waals surface area contributed by atoms with E-state index in [9.17, 15) is 9.90 Å². The Morgan fingerprint density at radius 1 is 1.33 bits per heavy atom. The zero-order chi connectivity index (χ0) is 15.2. The van der Waals surface area contributed by atoms with Crippen LogP contribution in [0.3, 0.4) is 0 Å². The number of phenols is 1. The van der Waals surface area contributed by atoms with Crippen molar-refractivity contribution in [2.24, 2.45) is 0 Å². The Kier molecular flexibility index (Phi) is 5.44. The fourth-order valence-electron chi connectivity index (χ4n) is 2.58. The molecular formula is C16H26N3O2+. The lowest BCUT2D eigenvalue weighted by Gasteiger charge is -2.33. The number of rotatable bonds is 5. The van der Waals surface area contributed by atoms with Crippen molar-refractivity contribution in [1.82, 2.24) is 5.32 Å². The van der Waals surface area contributed by atoms with E-state index in [0.717, 1.165) is 38.3 Å². The van der Waals surface area contributed by atoms with Gasteiger partial charge in [0.15, 0.2) is 6.54 Å². The monoisotopic (exact) mass is 292 g/mol. The van der Waals surface area contributed by atoms with Crippen LogP contribution < -0.4 is 15.1 Å². The van der Waals surface area contributed by atoms with Gasteiger partial charge in [-0.05, 0) is 37.6 Å². The topological polar surface area (TPSA) is 57.0 Å². The number of nitrogens with zero attached hydrogens (tertiary/aromatic N) is 1. The lowest BCUT2D eigenvalue weighted by atomic mass is 10.2. The van der Waals surface area contributed by atoms with Gasteiger partial charge in [0.05, 0.1) is 26.2 Å². The molecule has 5 nitrogen and oxygen atoms in total. The summed E-state index contributed by atoms with van der Waals surface area (Å²) in [5.74, 6) is 0.446. The van der Waals surface area contributed by atoms with E-state index in [1.54, 1.807) is 12.1 Å². The number of piperazine rings is 1. The van der Waals surface area contributed by atoms with Gasteiger partial charge < -0.3 is 20.2 Å². The zero-order valence-electron chi connectivity index (χ0n) is 12.9. The number of hydrogen-bond acceptors (Lipinski definition) is 3. The first kappa shape index (κ1) is 15.6. The molecular weight excluding hydrogens is 266 g/mol. The zero-order valence-corrected chi connectivity index (χ0v) is 12.9. The molecule has 1 aliphatic heterocycles. The summed E-state index contributed by atoms with van der Waals surface area (Å²) in [6.45, 7) is 8.50. The third-order valence-electron chi connectivity index (χ3n) is 4.12. The highest BCUT2D eigenvalue weighted by Crippen LogP contribution is 2.17. The van der Waals surface area contributed by atoms with Gasteiger partial charge in [0.1, 0.15) is 5.75 Å². The van der Waals surface area contributed by atoms with Gasteiger partial charge in [-0.15, -0.1) is 0 Å². The molecule has 0 aromatic heterocycles. The third kappa shape index (κ3) is 4.63. The van der Waals surface area contributed by atoms with Gasteiger partial charge in [-0.1, -0.05) is 6.92 Å². The molecule has 5 heteroatoms. The molecule has 116 valence electrons. The largest absolute Gasteiger partial charge is 0.508 e. The summed E-state index contributed by atoms with van der Waals surface area (Å²) in [4.78, 5) is 15.5. The van der Waals surface area contributed by atoms with Crippen molar-refractivity contribution in [1.29, 1.82) is 0 Å². The molecule has 1 atom stereocenters. The Bertz CT molecular complexity index is 453. The molecule has 1 fully saturated rings. The van der Waals surface area contributed by atoms with Crippen molar-refractivity contribution < 1.29 is 14.8 Å². The summed E-state index contributed by atoms with van der Waals surface area (Å²) in [5.41, 5.74) is 1.14. The highest BCUT2D eigenvalue weighted by molar-refractivity contribution is 5.77. The van der Waals surface area contributed by atoms with Crippen LogP contribution in [-0.2, 0) is 4.79 Å². The first-order chi connectivity index (χ1) is 10.1. The minimum atomic E-state index is 0.150. The van der Waals surface area contributed by atoms with Gasteiger partial charge in [-0.2, -0.15) is 0 Å². The minimum absolute atomic E-state index is 0.150. The van der Waals surface area contributed by atoms with E-state index in [1.807, 2.05) is 19.1 Å². The van der Waals surface area contributed by atoms with Gasteiger partial charge in [0.25, 0.3) is 5.91 Å². The molecule has 1 aromatic rings. The summed E-state index contributed by atoms with van der Waals surface area (Å²) in [6.07, 6.45) is 0.968. The number of carbonyl (C=O) groups is 1. The van der Waals surface area contributed by atoms with Gasteiger partial charge in [-0.25, -0.2) is 0 Å². The van der Waals surface area contributed by atoms with Gasteiger partial charge in [-0.3, -0.25) is 4.79 Å². The van der Waals surface area contributed by atoms with E-state index >= 15 is 0 Å². The van der Waals surface area contributed by atoms with E-state index in [-0.39, 0.29) is 11.9 Å². The molecule has 0 saturated carbocycles. The SMILES string of the molecule is CC[C@H](C)NC(=O)C[NH+]1CCN(c2ccc(O)cc2)CC1. The van der Waals surface area contributed by atoms with Gasteiger partial charge >= 0.3 is 0 Å². The smallest absolute Gasteiger partial charge is 0.275 e. The van der Waals surface area contributed by atoms with Crippen LogP contribution in [0.25, 0.3) is 0 Å². The molecule has 1 heterocycles. The third-order valence-corrected chi connectivity index (χ3v) is 4.12. The van der Waals surface area contributed by atoms with Crippen LogP contribution in [-0.4, -0.2) is 49.8 Å². The fourth-order valence-corrected chi connectivity index (χ4v) is 2.58. The molecule has 0 aliphatic carbocycles. The number of anilines is 1. The first-order valence-electron chi connectivity index (χ1n) is 7.75. The van der Waals surface area contributed by atoms with Crippen LogP contribution in [0.4, 0.5) is 5.69 Å². The number of phenolic OH excluding ortho intramolecular Hbond substituents is 1. The number of nitrogens with one attached hydrogen (secondary N) is 2. The van der Waals surface area contributed by atoms with Crippen LogP contribution in [0.15, 0.2) is 24.3 Å². The molecule has 0 unspecified atom stereocenters. The highest BCUT2D eigenvalue weighted by Gasteiger charge is 2.22. The van der Waals surface area contributed by atoms with Crippen molar-refractivity contribution in [3.8, 4) is 5.75 Å². The number of carbonyl (C=O) groups excluding carboxylic acids is 1. The Labute approximate surface area is 126 Å². The van der Waals surface area contributed by atoms with Crippen LogP contribution in [0.1, 0.15) is 20.3 Å². The fraction of sp³-hybridized carbons (Fsp3) is 0.562. The van der Waals surface area contributed by atoms with E-state index in [2.05, 4.69) is 17.1 Å². The van der Waals surface area contributed by atoms with Crippen LogP contribution >= 0.6 is 0 Å². The van der Waals surface area contributed by atoms with E-state index in [0.29, 0.717) is 12.3 Å². The van der Waals surface area contributed by atoms with Crippen molar-refractivity contribution in [2.75, 3.05) is 37.6 Å². The standard InChI is InChI=1S/C16H25N3O2/c1-3-13(2)17-16(21)12-18-8-10-19(11-9-18)14-4-6-15(20)7-5-14/h4-7,13,20H,3,8-12H2,1-2H3,(H,17,21)/p+1/t13-/m0/s1. The van der Waals surface area contributed by atoms with Crippen molar-refractivity contribution in [2.45, 2.75) is 26.3 Å². The number of hydrogen-bond donors (Lipinski definition) is 3. The second-order valence-corrected chi connectivity index (χ2v) is 5.81. The maximum absolute atomic E-state index is 11.9. The summed E-state index contributed by atoms with van der Waals surface area (Å²) < 4.78 is 0. The quantitative estimate of drug-likeness (QED) is 0.717. The molecule has 1 aromatic carbocycles. The van der Waals surface area contributed by atoms with Crippen molar-refractivity contribution >= 4 is 11.6 Å². The van der Waals surface area contributed by atoms with Crippen LogP contribution in [0.2, 0.25) is 0 Å². The predicted molar refractivity (Wildman–Crippen MR) is 83.8 cm³/mol. The molecule has 0 spiro atoms. The second-order valence-electron chi connectivity index (χ2n) is 5.81. The molecule has 1 amide bonds. The molecule has 3 N–H and O–H groups in total. The lowest BCUT2D eigenvalue weighted by molar-refractivity contribution is -0.892. The maximum atomic E-state index is 11.9. The average Bonchev–Trinajstić information content (AvgIpc) is 2.48. The number of aromatic hydroxyl groups is 1. The Morgan fingerprint density at radius 2 is 1.95 bits per heavy atom. The number of quaternary nitrogens is 1. The molecule has 1 aliphatic rings. The predicted octanol–water partition coefficient (Wildman–Crippen LogP) is 0.0118. The molecule has 0 bridgehead atoms. The van der Waals surface area contributed by atoms with E-state index < -0.39 is 0 Å². The van der Waals surface area contributed by atoms with Crippen molar-refractivity contribution in [3.05, 3.63) is 24.3 Å². The van der Waals surface area contributed by atoms with E-state index in [1.165, 1.54) is 4.90 Å². The van der Waals surface area contributed by atoms with Crippen LogP contribution in [0, 0.1) is 0 Å². The lowest BCUT2D eigenvalue weighted by Crippen LogP contribution is -3.16. The van der Waals surface area contributed by atoms with Gasteiger partial charge in [0.2, 0.25) is 0 Å². The van der Waals surface area contributed by atoms with Crippen LogP contribution in [0.5, 0.6) is 5.75 Å². The maximum Gasteiger partial charge on any atom is 0.275 e. The Morgan fingerprint density at radius 3 is 2.52 bits per heavy atom. The Balaban J connectivity index is 1.78. The Hall–Kier alpha value is -1.75. The molecule has 1 saturated heterocycles. The summed E-state index contributed by atoms with van der Waals surface area (Å²) in [7, 11) is 0. The minimum Gasteiger partial charge on any atom is -0.508 e. The van der Waals surface area contributed by atoms with Gasteiger partial charge in [0, 0.05) is 11.7 Å². The molecule has 21 heavy (non-hydrogen) atoms. The number of benzene rings is 1. The van der Waals surface area contributed by atoms with Crippen molar-refractivity contribution in [3.63, 3.8) is 0 Å².